The van der Waals surface area contributed by atoms with E-state index in [1.54, 1.807) is 13.3 Å². The number of morpholine rings is 1. The van der Waals surface area contributed by atoms with Crippen LogP contribution in [0.15, 0.2) is 58.1 Å². The van der Waals surface area contributed by atoms with Crippen LogP contribution in [0, 0.1) is 0 Å². The Morgan fingerprint density at radius 3 is 2.66 bits per heavy atom. The third-order valence-electron chi connectivity index (χ3n) is 4.78. The van der Waals surface area contributed by atoms with Gasteiger partial charge >= 0.3 is 0 Å². The fourth-order valence-corrected chi connectivity index (χ4v) is 3.43. The number of hydrogen-bond acceptors (Lipinski definition) is 9. The molecule has 2 N–H and O–H groups in total. The van der Waals surface area contributed by atoms with Gasteiger partial charge < -0.3 is 19.7 Å². The first-order chi connectivity index (χ1) is 15.7. The predicted octanol–water partition coefficient (Wildman–Crippen LogP) is 3.54. The number of anilines is 3. The molecule has 1 aromatic heterocycles. The molecule has 166 valence electrons. The number of ether oxygens (including phenoxy) is 2. The number of benzene rings is 2. The fraction of sp³-hybridized carbons (Fsp3) is 0.273. The molecule has 1 saturated heterocycles. The highest BCUT2D eigenvalue weighted by Crippen LogP contribution is 2.21. The molecule has 4 rings (SSSR count). The van der Waals surface area contributed by atoms with Crippen molar-refractivity contribution in [3.63, 3.8) is 0 Å². The Morgan fingerprint density at radius 2 is 1.88 bits per heavy atom. The van der Waals surface area contributed by atoms with Gasteiger partial charge in [-0.2, -0.15) is 20.1 Å². The van der Waals surface area contributed by atoms with Gasteiger partial charge in [-0.3, -0.25) is 0 Å². The van der Waals surface area contributed by atoms with Crippen molar-refractivity contribution >= 4 is 40.0 Å². The molecule has 0 unspecified atom stereocenters. The summed E-state index contributed by atoms with van der Waals surface area (Å²) in [5, 5.41) is 7.59. The van der Waals surface area contributed by atoms with Crippen LogP contribution in [0.3, 0.4) is 0 Å². The number of rotatable bonds is 8. The lowest BCUT2D eigenvalue weighted by atomic mass is 10.2. The van der Waals surface area contributed by atoms with Gasteiger partial charge in [0.25, 0.3) is 0 Å². The molecule has 32 heavy (non-hydrogen) atoms. The Labute approximate surface area is 195 Å². The van der Waals surface area contributed by atoms with E-state index in [1.807, 2.05) is 48.5 Å². The van der Waals surface area contributed by atoms with Gasteiger partial charge in [0, 0.05) is 29.7 Å². The summed E-state index contributed by atoms with van der Waals surface area (Å²) >= 11 is 3.52. The first kappa shape index (κ1) is 22.0. The van der Waals surface area contributed by atoms with Crippen molar-refractivity contribution in [3.05, 3.63) is 64.1 Å². The highest BCUT2D eigenvalue weighted by molar-refractivity contribution is 9.10. The van der Waals surface area contributed by atoms with Crippen molar-refractivity contribution in [2.45, 2.75) is 6.54 Å². The quantitative estimate of drug-likeness (QED) is 0.360. The molecule has 0 radical (unpaired) electrons. The molecule has 2 heterocycles. The maximum Gasteiger partial charge on any atom is 0.250 e. The maximum absolute atomic E-state index is 5.45. The van der Waals surface area contributed by atoms with Gasteiger partial charge in [-0.1, -0.05) is 46.3 Å². The van der Waals surface area contributed by atoms with E-state index in [4.69, 9.17) is 9.47 Å². The lowest BCUT2D eigenvalue weighted by Crippen LogP contribution is -2.37. The summed E-state index contributed by atoms with van der Waals surface area (Å²) in [5.41, 5.74) is 4.92. The molecule has 9 nitrogen and oxygen atoms in total. The van der Waals surface area contributed by atoms with Gasteiger partial charge in [-0.25, -0.2) is 5.43 Å². The molecular weight excluding hydrogens is 474 g/mol. The van der Waals surface area contributed by atoms with Crippen LogP contribution in [-0.2, 0) is 11.3 Å². The lowest BCUT2D eigenvalue weighted by molar-refractivity contribution is 0.122. The smallest absolute Gasteiger partial charge is 0.250 e. The minimum absolute atomic E-state index is 0.354. The molecule has 10 heteroatoms. The van der Waals surface area contributed by atoms with E-state index >= 15 is 0 Å². The van der Waals surface area contributed by atoms with Crippen LogP contribution in [-0.4, -0.2) is 54.6 Å². The highest BCUT2D eigenvalue weighted by Gasteiger charge is 2.16. The van der Waals surface area contributed by atoms with Crippen LogP contribution in [0.25, 0.3) is 0 Å². The number of hydrazone groups is 1. The van der Waals surface area contributed by atoms with E-state index in [1.165, 1.54) is 0 Å². The van der Waals surface area contributed by atoms with Crippen LogP contribution >= 0.6 is 15.9 Å². The topological polar surface area (TPSA) is 96.8 Å². The van der Waals surface area contributed by atoms with Crippen molar-refractivity contribution in [3.8, 4) is 5.75 Å². The number of nitrogens with zero attached hydrogens (tertiary/aromatic N) is 5. The normalized spacial score (nSPS) is 13.9. The summed E-state index contributed by atoms with van der Waals surface area (Å²) in [6.07, 6.45) is 1.68. The van der Waals surface area contributed by atoms with E-state index in [2.05, 4.69) is 51.6 Å². The van der Waals surface area contributed by atoms with Crippen LogP contribution < -0.4 is 20.4 Å². The van der Waals surface area contributed by atoms with E-state index in [0.29, 0.717) is 37.6 Å². The molecule has 0 aliphatic carbocycles. The average molecular weight is 498 g/mol. The number of nitrogens with one attached hydrogen (secondary N) is 2. The summed E-state index contributed by atoms with van der Waals surface area (Å²) in [7, 11) is 1.63. The Bertz CT molecular complexity index is 1060. The largest absolute Gasteiger partial charge is 0.497 e. The molecule has 1 aliphatic heterocycles. The van der Waals surface area contributed by atoms with E-state index in [0.717, 1.165) is 34.4 Å². The molecule has 0 saturated carbocycles. The SMILES string of the molecule is COc1ccc(Br)c(/C=N\Nc2nc(NCc3ccccc3)nc(N3CCOCC3)n2)c1. The highest BCUT2D eigenvalue weighted by atomic mass is 79.9. The zero-order valence-electron chi connectivity index (χ0n) is 17.7. The predicted molar refractivity (Wildman–Crippen MR) is 129 cm³/mol. The van der Waals surface area contributed by atoms with Crippen molar-refractivity contribution in [1.82, 2.24) is 15.0 Å². The lowest BCUT2D eigenvalue weighted by Gasteiger charge is -2.27. The Hall–Kier alpha value is -3.24. The van der Waals surface area contributed by atoms with Crippen LogP contribution in [0.4, 0.5) is 17.8 Å². The zero-order chi connectivity index (χ0) is 22.2. The second-order valence-corrected chi connectivity index (χ2v) is 7.83. The standard InChI is InChI=1S/C22H24BrN7O2/c1-31-18-7-8-19(23)17(13-18)15-25-29-21-26-20(24-14-16-5-3-2-4-6-16)27-22(28-21)30-9-11-32-12-10-30/h2-8,13,15H,9-12,14H2,1H3,(H2,24,26,27,28,29)/b25-15-. The minimum Gasteiger partial charge on any atom is -0.497 e. The molecule has 2 aromatic carbocycles. The third-order valence-corrected chi connectivity index (χ3v) is 5.50. The fourth-order valence-electron chi connectivity index (χ4n) is 3.08. The molecule has 3 aromatic rings. The second-order valence-electron chi connectivity index (χ2n) is 6.98. The monoisotopic (exact) mass is 497 g/mol. The van der Waals surface area contributed by atoms with Crippen LogP contribution in [0.2, 0.25) is 0 Å². The Morgan fingerprint density at radius 1 is 1.09 bits per heavy atom. The van der Waals surface area contributed by atoms with Crippen molar-refractivity contribution in [1.29, 1.82) is 0 Å². The summed E-state index contributed by atoms with van der Waals surface area (Å²) in [4.78, 5) is 15.7. The van der Waals surface area contributed by atoms with Gasteiger partial charge in [0.15, 0.2) is 0 Å². The van der Waals surface area contributed by atoms with Crippen molar-refractivity contribution in [2.75, 3.05) is 49.1 Å². The van der Waals surface area contributed by atoms with Crippen molar-refractivity contribution < 1.29 is 9.47 Å². The number of aromatic nitrogens is 3. The summed E-state index contributed by atoms with van der Waals surface area (Å²) in [5.74, 6) is 2.16. The molecule has 0 atom stereocenters. The molecular formula is C22H24BrN7O2. The van der Waals surface area contributed by atoms with Gasteiger partial charge in [-0.15, -0.1) is 0 Å². The summed E-state index contributed by atoms with van der Waals surface area (Å²) in [6, 6.07) is 15.8. The molecule has 0 bridgehead atoms. The number of halogens is 1. The first-order valence-electron chi connectivity index (χ1n) is 10.2. The minimum atomic E-state index is 0.354. The molecule has 0 spiro atoms. The van der Waals surface area contributed by atoms with Crippen LogP contribution in [0.1, 0.15) is 11.1 Å². The Kier molecular flexibility index (Phi) is 7.47. The summed E-state index contributed by atoms with van der Waals surface area (Å²) in [6.45, 7) is 3.34. The number of hydrogen-bond donors (Lipinski definition) is 2. The van der Waals surface area contributed by atoms with Gasteiger partial charge in [0.2, 0.25) is 17.8 Å². The van der Waals surface area contributed by atoms with E-state index in [-0.39, 0.29) is 0 Å². The van der Waals surface area contributed by atoms with Crippen LogP contribution in [0.5, 0.6) is 5.75 Å². The first-order valence-corrected chi connectivity index (χ1v) is 11.0. The summed E-state index contributed by atoms with van der Waals surface area (Å²) < 4.78 is 11.6. The molecule has 1 fully saturated rings. The second kappa shape index (κ2) is 10.9. The van der Waals surface area contributed by atoms with Gasteiger partial charge in [-0.05, 0) is 23.8 Å². The zero-order valence-corrected chi connectivity index (χ0v) is 19.2. The van der Waals surface area contributed by atoms with E-state index < -0.39 is 0 Å². The maximum atomic E-state index is 5.45. The molecule has 0 amide bonds. The third kappa shape index (κ3) is 5.92. The average Bonchev–Trinajstić information content (AvgIpc) is 2.85. The van der Waals surface area contributed by atoms with E-state index in [9.17, 15) is 0 Å². The molecule has 1 aliphatic rings. The van der Waals surface area contributed by atoms with Gasteiger partial charge in [0.1, 0.15) is 5.75 Å². The Balaban J connectivity index is 1.53. The van der Waals surface area contributed by atoms with Gasteiger partial charge in [0.05, 0.1) is 26.5 Å². The van der Waals surface area contributed by atoms with Crippen molar-refractivity contribution in [2.24, 2.45) is 5.10 Å². The number of methoxy groups -OCH3 is 1.